The molecule has 0 fully saturated rings. The van der Waals surface area contributed by atoms with Gasteiger partial charge in [-0.2, -0.15) is 0 Å². The Kier molecular flexibility index (Phi) is 3.33. The van der Waals surface area contributed by atoms with E-state index in [4.69, 9.17) is 11.6 Å². The molecule has 0 aliphatic rings. The van der Waals surface area contributed by atoms with Crippen molar-refractivity contribution in [3.8, 4) is 21.7 Å². The summed E-state index contributed by atoms with van der Waals surface area (Å²) in [4.78, 5) is 14.3. The molecular formula is C17H10ClN3S. The molecule has 0 aliphatic carbocycles. The summed E-state index contributed by atoms with van der Waals surface area (Å²) in [6, 6.07) is 13.9. The molecular weight excluding hydrogens is 314 g/mol. The first-order valence-corrected chi connectivity index (χ1v) is 7.92. The number of halogens is 1. The molecule has 4 aromatic rings. The molecule has 0 bridgehead atoms. The summed E-state index contributed by atoms with van der Waals surface area (Å²) in [5.41, 5.74) is 4.82. The molecule has 3 aromatic heterocycles. The van der Waals surface area contributed by atoms with Crippen LogP contribution < -0.4 is 0 Å². The van der Waals surface area contributed by atoms with Gasteiger partial charge < -0.3 is 0 Å². The van der Waals surface area contributed by atoms with Crippen LogP contribution in [0.2, 0.25) is 4.34 Å². The second-order valence-corrected chi connectivity index (χ2v) is 6.51. The van der Waals surface area contributed by atoms with E-state index in [0.29, 0.717) is 0 Å². The zero-order valence-electron chi connectivity index (χ0n) is 11.4. The van der Waals surface area contributed by atoms with Gasteiger partial charge in [-0.25, -0.2) is 4.98 Å². The van der Waals surface area contributed by atoms with Gasteiger partial charge >= 0.3 is 0 Å². The van der Waals surface area contributed by atoms with Crippen molar-refractivity contribution in [2.75, 3.05) is 0 Å². The van der Waals surface area contributed by atoms with Gasteiger partial charge in [-0.15, -0.1) is 11.3 Å². The Bertz CT molecular complexity index is 950. The van der Waals surface area contributed by atoms with Gasteiger partial charge in [0.15, 0.2) is 0 Å². The molecule has 0 atom stereocenters. The number of pyridine rings is 1. The Hall–Kier alpha value is -2.30. The number of benzene rings is 1. The van der Waals surface area contributed by atoms with Crippen LogP contribution in [0.3, 0.4) is 0 Å². The smallest absolute Gasteiger partial charge is 0.0993 e. The lowest BCUT2D eigenvalue weighted by molar-refractivity contribution is 1.30. The lowest BCUT2D eigenvalue weighted by Crippen LogP contribution is -1.88. The molecule has 0 spiro atoms. The maximum absolute atomic E-state index is 5.98. The predicted octanol–water partition coefficient (Wildman–Crippen LogP) is 5.07. The van der Waals surface area contributed by atoms with Gasteiger partial charge in [0.2, 0.25) is 0 Å². The van der Waals surface area contributed by atoms with Gasteiger partial charge in [0.1, 0.15) is 0 Å². The number of fused-ring (bicyclic) bond motifs is 1. The Labute approximate surface area is 136 Å². The molecule has 4 rings (SSSR count). The van der Waals surface area contributed by atoms with Gasteiger partial charge in [-0.3, -0.25) is 9.97 Å². The van der Waals surface area contributed by atoms with Crippen LogP contribution in [0.4, 0.5) is 0 Å². The van der Waals surface area contributed by atoms with Gasteiger partial charge in [0, 0.05) is 12.4 Å². The third-order valence-electron chi connectivity index (χ3n) is 3.38. The normalized spacial score (nSPS) is 11.0. The van der Waals surface area contributed by atoms with Crippen molar-refractivity contribution < 1.29 is 0 Å². The number of rotatable bonds is 2. The minimum absolute atomic E-state index is 0.755. The summed E-state index contributed by atoms with van der Waals surface area (Å²) in [7, 11) is 0. The fourth-order valence-corrected chi connectivity index (χ4v) is 3.30. The zero-order valence-corrected chi connectivity index (χ0v) is 13.0. The van der Waals surface area contributed by atoms with Crippen LogP contribution in [-0.4, -0.2) is 15.0 Å². The first-order chi connectivity index (χ1) is 10.8. The van der Waals surface area contributed by atoms with E-state index in [0.717, 1.165) is 37.1 Å². The van der Waals surface area contributed by atoms with E-state index in [9.17, 15) is 0 Å². The lowest BCUT2D eigenvalue weighted by Gasteiger charge is -2.04. The summed E-state index contributed by atoms with van der Waals surface area (Å²) in [5, 5.41) is 0. The van der Waals surface area contributed by atoms with E-state index in [1.165, 1.54) is 11.3 Å². The molecule has 3 nitrogen and oxygen atoms in total. The second kappa shape index (κ2) is 5.48. The maximum Gasteiger partial charge on any atom is 0.0993 e. The highest BCUT2D eigenvalue weighted by Crippen LogP contribution is 2.30. The van der Waals surface area contributed by atoms with E-state index in [1.54, 1.807) is 18.6 Å². The van der Waals surface area contributed by atoms with Crippen LogP contribution in [0.1, 0.15) is 0 Å². The van der Waals surface area contributed by atoms with Crippen LogP contribution in [0.15, 0.2) is 61.1 Å². The van der Waals surface area contributed by atoms with Gasteiger partial charge in [0.05, 0.1) is 32.1 Å². The summed E-state index contributed by atoms with van der Waals surface area (Å²) >= 11 is 7.49. The zero-order chi connectivity index (χ0) is 14.9. The SMILES string of the molecule is Clc1ccc(-c2cnc3cc(-c4ccncc4)ccc3n2)s1. The molecule has 22 heavy (non-hydrogen) atoms. The minimum Gasteiger partial charge on any atom is -0.265 e. The van der Waals surface area contributed by atoms with Gasteiger partial charge in [-0.1, -0.05) is 17.7 Å². The van der Waals surface area contributed by atoms with Crippen molar-refractivity contribution in [2.24, 2.45) is 0 Å². The lowest BCUT2D eigenvalue weighted by atomic mass is 10.1. The Morgan fingerprint density at radius 3 is 2.50 bits per heavy atom. The Balaban J connectivity index is 1.79. The Morgan fingerprint density at radius 2 is 1.73 bits per heavy atom. The molecule has 3 heterocycles. The van der Waals surface area contributed by atoms with Gasteiger partial charge in [0.25, 0.3) is 0 Å². The van der Waals surface area contributed by atoms with Crippen molar-refractivity contribution in [1.82, 2.24) is 15.0 Å². The highest BCUT2D eigenvalue weighted by molar-refractivity contribution is 7.19. The van der Waals surface area contributed by atoms with Crippen LogP contribution >= 0.6 is 22.9 Å². The van der Waals surface area contributed by atoms with Crippen LogP contribution in [0, 0.1) is 0 Å². The number of hydrogen-bond donors (Lipinski definition) is 0. The van der Waals surface area contributed by atoms with E-state index < -0.39 is 0 Å². The highest BCUT2D eigenvalue weighted by atomic mass is 35.5. The largest absolute Gasteiger partial charge is 0.265 e. The quantitative estimate of drug-likeness (QED) is 0.516. The minimum atomic E-state index is 0.755. The van der Waals surface area contributed by atoms with E-state index in [2.05, 4.69) is 21.0 Å². The van der Waals surface area contributed by atoms with E-state index in [1.807, 2.05) is 36.4 Å². The summed E-state index contributed by atoms with van der Waals surface area (Å²) in [6.07, 6.45) is 5.37. The molecule has 106 valence electrons. The monoisotopic (exact) mass is 323 g/mol. The van der Waals surface area contributed by atoms with E-state index >= 15 is 0 Å². The molecule has 0 unspecified atom stereocenters. The number of aromatic nitrogens is 3. The third-order valence-corrected chi connectivity index (χ3v) is 4.64. The summed E-state index contributed by atoms with van der Waals surface area (Å²) in [5.74, 6) is 0. The van der Waals surface area contributed by atoms with Crippen molar-refractivity contribution in [3.63, 3.8) is 0 Å². The number of thiophene rings is 1. The first-order valence-electron chi connectivity index (χ1n) is 6.72. The molecule has 0 saturated carbocycles. The predicted molar refractivity (Wildman–Crippen MR) is 91.1 cm³/mol. The van der Waals surface area contributed by atoms with Crippen LogP contribution in [0.5, 0.6) is 0 Å². The van der Waals surface area contributed by atoms with Crippen molar-refractivity contribution >= 4 is 34.0 Å². The average molecular weight is 324 g/mol. The van der Waals surface area contributed by atoms with Crippen LogP contribution in [0.25, 0.3) is 32.7 Å². The third kappa shape index (κ3) is 2.47. The van der Waals surface area contributed by atoms with Crippen LogP contribution in [-0.2, 0) is 0 Å². The van der Waals surface area contributed by atoms with Crippen molar-refractivity contribution in [2.45, 2.75) is 0 Å². The molecule has 0 N–H and O–H groups in total. The Morgan fingerprint density at radius 1 is 0.864 bits per heavy atom. The van der Waals surface area contributed by atoms with Gasteiger partial charge in [-0.05, 0) is 47.5 Å². The number of nitrogens with zero attached hydrogens (tertiary/aromatic N) is 3. The summed E-state index contributed by atoms with van der Waals surface area (Å²) in [6.45, 7) is 0. The molecule has 0 radical (unpaired) electrons. The average Bonchev–Trinajstić information content (AvgIpc) is 3.01. The van der Waals surface area contributed by atoms with E-state index in [-0.39, 0.29) is 0 Å². The van der Waals surface area contributed by atoms with Crippen molar-refractivity contribution in [3.05, 3.63) is 65.4 Å². The topological polar surface area (TPSA) is 38.7 Å². The maximum atomic E-state index is 5.98. The standard InChI is InChI=1S/C17H10ClN3S/c18-17-4-3-16(22-17)15-10-20-14-9-12(1-2-13(14)21-15)11-5-7-19-8-6-11/h1-10H. The fourth-order valence-electron chi connectivity index (χ4n) is 2.31. The highest BCUT2D eigenvalue weighted by Gasteiger charge is 2.06. The molecule has 5 heteroatoms. The second-order valence-electron chi connectivity index (χ2n) is 4.80. The molecule has 0 saturated heterocycles. The molecule has 1 aromatic carbocycles. The fraction of sp³-hybridized carbons (Fsp3) is 0. The van der Waals surface area contributed by atoms with Crippen molar-refractivity contribution in [1.29, 1.82) is 0 Å². The molecule has 0 amide bonds. The number of hydrogen-bond acceptors (Lipinski definition) is 4. The molecule has 0 aliphatic heterocycles. The summed E-state index contributed by atoms with van der Waals surface area (Å²) < 4.78 is 0.755. The first kappa shape index (κ1) is 13.4.